The number of morpholine rings is 1. The molecule has 22 heavy (non-hydrogen) atoms. The van der Waals surface area contributed by atoms with Crippen molar-refractivity contribution in [2.75, 3.05) is 44.8 Å². The summed E-state index contributed by atoms with van der Waals surface area (Å²) in [7, 11) is -3.47. The maximum absolute atomic E-state index is 12.5. The molecule has 1 aromatic rings. The number of sulfonamides is 1. The van der Waals surface area contributed by atoms with Crippen LogP contribution in [0.5, 0.6) is 0 Å². The van der Waals surface area contributed by atoms with E-state index in [0.717, 1.165) is 19.4 Å². The van der Waals surface area contributed by atoms with Crippen molar-refractivity contribution in [1.82, 2.24) is 9.29 Å². The Balaban J connectivity index is 1.62. The summed E-state index contributed by atoms with van der Waals surface area (Å²) in [5, 5.41) is 3.18. The maximum Gasteiger partial charge on any atom is 0.244 e. The molecule has 2 saturated heterocycles. The van der Waals surface area contributed by atoms with E-state index in [1.54, 1.807) is 12.1 Å². The third kappa shape index (κ3) is 3.57. The summed E-state index contributed by atoms with van der Waals surface area (Å²) in [6, 6.07) is 3.29. The molecular formula is C14H21N3O4S. The van der Waals surface area contributed by atoms with E-state index in [2.05, 4.69) is 10.3 Å². The number of nitrogens with one attached hydrogen (secondary N) is 1. The van der Waals surface area contributed by atoms with Gasteiger partial charge in [-0.1, -0.05) is 0 Å². The van der Waals surface area contributed by atoms with E-state index in [0.29, 0.717) is 38.7 Å². The Morgan fingerprint density at radius 1 is 1.27 bits per heavy atom. The average Bonchev–Trinajstić information content (AvgIpc) is 3.08. The number of hydrogen-bond acceptors (Lipinski definition) is 6. The molecule has 7 nitrogen and oxygen atoms in total. The second kappa shape index (κ2) is 6.91. The summed E-state index contributed by atoms with van der Waals surface area (Å²) in [4.78, 5) is 4.42. The zero-order chi connectivity index (χ0) is 15.4. The second-order valence-corrected chi connectivity index (χ2v) is 7.35. The van der Waals surface area contributed by atoms with Crippen molar-refractivity contribution >= 4 is 15.8 Å². The Bertz CT molecular complexity index is 579. The van der Waals surface area contributed by atoms with Gasteiger partial charge in [0.1, 0.15) is 10.7 Å². The van der Waals surface area contributed by atoms with Gasteiger partial charge in [-0.15, -0.1) is 0 Å². The van der Waals surface area contributed by atoms with Gasteiger partial charge in [0.25, 0.3) is 0 Å². The molecular weight excluding hydrogens is 306 g/mol. The lowest BCUT2D eigenvalue weighted by atomic mass is 10.2. The van der Waals surface area contributed by atoms with Crippen molar-refractivity contribution < 1.29 is 17.9 Å². The molecule has 0 aliphatic carbocycles. The first-order chi connectivity index (χ1) is 10.7. The Labute approximate surface area is 130 Å². The van der Waals surface area contributed by atoms with Crippen LogP contribution in [0.4, 0.5) is 5.82 Å². The molecule has 0 bridgehead atoms. The van der Waals surface area contributed by atoms with Crippen LogP contribution in [0.15, 0.2) is 23.2 Å². The monoisotopic (exact) mass is 327 g/mol. The predicted molar refractivity (Wildman–Crippen MR) is 81.3 cm³/mol. The topological polar surface area (TPSA) is 80.8 Å². The molecule has 0 amide bonds. The van der Waals surface area contributed by atoms with Crippen molar-refractivity contribution in [3.63, 3.8) is 0 Å². The van der Waals surface area contributed by atoms with Crippen molar-refractivity contribution in [3.05, 3.63) is 18.3 Å². The fourth-order valence-corrected chi connectivity index (χ4v) is 3.95. The highest BCUT2D eigenvalue weighted by Gasteiger charge is 2.26. The van der Waals surface area contributed by atoms with E-state index in [1.807, 2.05) is 0 Å². The first kappa shape index (κ1) is 15.7. The highest BCUT2D eigenvalue weighted by atomic mass is 32.2. The fraction of sp³-hybridized carbons (Fsp3) is 0.643. The molecule has 0 spiro atoms. The van der Waals surface area contributed by atoms with Gasteiger partial charge in [-0.2, -0.15) is 4.31 Å². The molecule has 1 unspecified atom stereocenters. The zero-order valence-corrected chi connectivity index (χ0v) is 13.2. The van der Waals surface area contributed by atoms with Crippen LogP contribution in [-0.2, 0) is 19.5 Å². The van der Waals surface area contributed by atoms with Gasteiger partial charge >= 0.3 is 0 Å². The Morgan fingerprint density at radius 2 is 2.09 bits per heavy atom. The largest absolute Gasteiger partial charge is 0.379 e. The average molecular weight is 327 g/mol. The second-order valence-electron chi connectivity index (χ2n) is 5.41. The van der Waals surface area contributed by atoms with Crippen LogP contribution in [0, 0.1) is 0 Å². The normalized spacial score (nSPS) is 23.5. The van der Waals surface area contributed by atoms with Gasteiger partial charge in [0.2, 0.25) is 10.0 Å². The highest BCUT2D eigenvalue weighted by Crippen LogP contribution is 2.18. The summed E-state index contributed by atoms with van der Waals surface area (Å²) >= 11 is 0. The number of aromatic nitrogens is 1. The van der Waals surface area contributed by atoms with Gasteiger partial charge in [0, 0.05) is 32.4 Å². The SMILES string of the molecule is O=S(=O)(c1ccc(NCC2CCCO2)nc1)N1CCOCC1. The lowest BCUT2D eigenvalue weighted by Crippen LogP contribution is -2.40. The van der Waals surface area contributed by atoms with Crippen LogP contribution in [0.3, 0.4) is 0 Å². The molecule has 0 saturated carbocycles. The minimum absolute atomic E-state index is 0.220. The molecule has 2 fully saturated rings. The van der Waals surface area contributed by atoms with Gasteiger partial charge < -0.3 is 14.8 Å². The van der Waals surface area contributed by atoms with Crippen LogP contribution >= 0.6 is 0 Å². The minimum atomic E-state index is -3.47. The number of nitrogens with zero attached hydrogens (tertiary/aromatic N) is 2. The molecule has 0 radical (unpaired) electrons. The standard InChI is InChI=1S/C14H21N3O4S/c18-22(19,17-5-8-20-9-6-17)13-3-4-14(16-11-13)15-10-12-2-1-7-21-12/h3-4,11-12H,1-2,5-10H2,(H,15,16). The lowest BCUT2D eigenvalue weighted by Gasteiger charge is -2.25. The number of pyridine rings is 1. The van der Waals surface area contributed by atoms with Crippen LogP contribution in [-0.4, -0.2) is 63.3 Å². The van der Waals surface area contributed by atoms with Crippen molar-refractivity contribution in [2.24, 2.45) is 0 Å². The molecule has 122 valence electrons. The van der Waals surface area contributed by atoms with Crippen molar-refractivity contribution in [3.8, 4) is 0 Å². The molecule has 3 rings (SSSR count). The third-order valence-electron chi connectivity index (χ3n) is 3.88. The quantitative estimate of drug-likeness (QED) is 0.857. The summed E-state index contributed by atoms with van der Waals surface area (Å²) in [5.41, 5.74) is 0. The minimum Gasteiger partial charge on any atom is -0.379 e. The third-order valence-corrected chi connectivity index (χ3v) is 5.76. The number of hydrogen-bond donors (Lipinski definition) is 1. The molecule has 0 aromatic carbocycles. The summed E-state index contributed by atoms with van der Waals surface area (Å²) in [6.45, 7) is 3.17. The maximum atomic E-state index is 12.5. The molecule has 1 atom stereocenters. The number of rotatable bonds is 5. The van der Waals surface area contributed by atoms with Crippen LogP contribution < -0.4 is 5.32 Å². The molecule has 3 heterocycles. The Hall–Kier alpha value is -1.22. The molecule has 1 N–H and O–H groups in total. The van der Waals surface area contributed by atoms with Gasteiger partial charge in [-0.25, -0.2) is 13.4 Å². The number of anilines is 1. The molecule has 1 aromatic heterocycles. The first-order valence-electron chi connectivity index (χ1n) is 7.56. The van der Waals surface area contributed by atoms with Gasteiger partial charge in [0.15, 0.2) is 0 Å². The molecule has 2 aliphatic rings. The van der Waals surface area contributed by atoms with E-state index in [4.69, 9.17) is 9.47 Å². The van der Waals surface area contributed by atoms with E-state index in [1.165, 1.54) is 10.5 Å². The van der Waals surface area contributed by atoms with Crippen LogP contribution in [0.1, 0.15) is 12.8 Å². The van der Waals surface area contributed by atoms with Crippen molar-refractivity contribution in [1.29, 1.82) is 0 Å². The lowest BCUT2D eigenvalue weighted by molar-refractivity contribution is 0.0730. The Morgan fingerprint density at radius 3 is 2.73 bits per heavy atom. The van der Waals surface area contributed by atoms with Crippen LogP contribution in [0.2, 0.25) is 0 Å². The summed E-state index contributed by atoms with van der Waals surface area (Å²) in [6.07, 6.45) is 3.77. The van der Waals surface area contributed by atoms with Gasteiger partial charge in [0.05, 0.1) is 19.3 Å². The smallest absolute Gasteiger partial charge is 0.244 e. The zero-order valence-electron chi connectivity index (χ0n) is 12.4. The number of ether oxygens (including phenoxy) is 2. The van der Waals surface area contributed by atoms with Gasteiger partial charge in [-0.3, -0.25) is 0 Å². The highest BCUT2D eigenvalue weighted by molar-refractivity contribution is 7.89. The first-order valence-corrected chi connectivity index (χ1v) is 9.00. The summed E-state index contributed by atoms with van der Waals surface area (Å²) < 4.78 is 37.1. The summed E-state index contributed by atoms with van der Waals surface area (Å²) in [5.74, 6) is 0.663. The van der Waals surface area contributed by atoms with E-state index in [-0.39, 0.29) is 11.0 Å². The molecule has 8 heteroatoms. The Kier molecular flexibility index (Phi) is 4.92. The van der Waals surface area contributed by atoms with Crippen molar-refractivity contribution in [2.45, 2.75) is 23.8 Å². The van der Waals surface area contributed by atoms with E-state index >= 15 is 0 Å². The van der Waals surface area contributed by atoms with Crippen LogP contribution in [0.25, 0.3) is 0 Å². The van der Waals surface area contributed by atoms with E-state index < -0.39 is 10.0 Å². The predicted octanol–water partition coefficient (Wildman–Crippen LogP) is 0.693. The van der Waals surface area contributed by atoms with E-state index in [9.17, 15) is 8.42 Å². The molecule has 2 aliphatic heterocycles. The van der Waals surface area contributed by atoms with Gasteiger partial charge in [-0.05, 0) is 25.0 Å². The fourth-order valence-electron chi connectivity index (χ4n) is 2.60.